The molecule has 1 rings (SSSR count). The summed E-state index contributed by atoms with van der Waals surface area (Å²) in [5.41, 5.74) is 0. The average Bonchev–Trinajstić information content (AvgIpc) is 2.08. The van der Waals surface area contributed by atoms with E-state index in [1.807, 2.05) is 0 Å². The Morgan fingerprint density at radius 2 is 2.09 bits per heavy atom. The van der Waals surface area contributed by atoms with Gasteiger partial charge in [-0.15, -0.1) is 11.3 Å². The van der Waals surface area contributed by atoms with Gasteiger partial charge in [-0.05, 0) is 22.0 Å². The van der Waals surface area contributed by atoms with Gasteiger partial charge in [-0.3, -0.25) is 0 Å². The molecule has 0 N–H and O–H groups in total. The van der Waals surface area contributed by atoms with Crippen LogP contribution >= 0.6 is 49.6 Å². The van der Waals surface area contributed by atoms with Crippen LogP contribution in [0.3, 0.4) is 0 Å². The summed E-state index contributed by atoms with van der Waals surface area (Å²) in [5.74, 6) is 0. The molecule has 0 saturated heterocycles. The number of hydrogen-bond acceptors (Lipinski definition) is 3. The summed E-state index contributed by atoms with van der Waals surface area (Å²) in [4.78, 5) is 0. The first-order chi connectivity index (χ1) is 4.91. The van der Waals surface area contributed by atoms with Crippen molar-refractivity contribution in [1.82, 2.24) is 0 Å². The third-order valence-corrected chi connectivity index (χ3v) is 5.36. The molecular weight excluding hydrogens is 295 g/mol. The van der Waals surface area contributed by atoms with Crippen LogP contribution in [0.2, 0.25) is 4.34 Å². The van der Waals surface area contributed by atoms with Crippen molar-refractivity contribution in [2.45, 2.75) is 4.21 Å². The van der Waals surface area contributed by atoms with Gasteiger partial charge in [-0.1, -0.05) is 11.6 Å². The van der Waals surface area contributed by atoms with Crippen LogP contribution in [-0.4, -0.2) is 8.42 Å². The summed E-state index contributed by atoms with van der Waals surface area (Å²) in [5, 5.41) is 0. The molecule has 7 heteroatoms. The molecule has 1 heterocycles. The van der Waals surface area contributed by atoms with Crippen molar-refractivity contribution in [3.05, 3.63) is 14.9 Å². The number of halogens is 3. The second-order valence-electron chi connectivity index (χ2n) is 1.62. The van der Waals surface area contributed by atoms with Crippen molar-refractivity contribution in [2.24, 2.45) is 0 Å². The maximum absolute atomic E-state index is 10.8. The lowest BCUT2D eigenvalue weighted by molar-refractivity contribution is 0.611. The average molecular weight is 296 g/mol. The lowest BCUT2D eigenvalue weighted by Crippen LogP contribution is -1.85. The zero-order chi connectivity index (χ0) is 8.65. The zero-order valence-corrected chi connectivity index (χ0v) is 9.58. The second kappa shape index (κ2) is 3.22. The van der Waals surface area contributed by atoms with Crippen LogP contribution in [0.5, 0.6) is 0 Å². The minimum atomic E-state index is -3.65. The van der Waals surface area contributed by atoms with E-state index >= 15 is 0 Å². The third kappa shape index (κ3) is 2.32. The number of rotatable bonds is 1. The standard InChI is InChI=1S/C4HBrCl2O2S2/c5-2-1-3(6)10-4(2)11(7,8)9/h1H. The molecule has 0 amide bonds. The first-order valence-corrected chi connectivity index (χ1v) is 6.60. The molecule has 0 fully saturated rings. The Kier molecular flexibility index (Phi) is 2.87. The Labute approximate surface area is 85.7 Å². The molecule has 1 aromatic rings. The summed E-state index contributed by atoms with van der Waals surface area (Å²) in [6, 6.07) is 1.49. The van der Waals surface area contributed by atoms with E-state index in [1.165, 1.54) is 6.07 Å². The largest absolute Gasteiger partial charge is 0.271 e. The molecule has 11 heavy (non-hydrogen) atoms. The normalized spacial score (nSPS) is 11.9. The fourth-order valence-electron chi connectivity index (χ4n) is 0.492. The molecule has 62 valence electrons. The van der Waals surface area contributed by atoms with Crippen LogP contribution in [0.15, 0.2) is 14.7 Å². The Balaban J connectivity index is 3.36. The molecule has 0 aromatic carbocycles. The molecule has 0 aliphatic rings. The second-order valence-corrected chi connectivity index (χ2v) is 6.92. The van der Waals surface area contributed by atoms with E-state index in [-0.39, 0.29) is 4.21 Å². The Hall–Kier alpha value is 0.710. The van der Waals surface area contributed by atoms with E-state index in [0.29, 0.717) is 8.81 Å². The maximum Gasteiger partial charge on any atom is 0.271 e. The summed E-state index contributed by atoms with van der Waals surface area (Å²) in [6.07, 6.45) is 0. The maximum atomic E-state index is 10.8. The van der Waals surface area contributed by atoms with E-state index in [2.05, 4.69) is 15.9 Å². The molecule has 0 spiro atoms. The van der Waals surface area contributed by atoms with Crippen LogP contribution in [0, 0.1) is 0 Å². The van der Waals surface area contributed by atoms with Gasteiger partial charge in [0.2, 0.25) is 0 Å². The lowest BCUT2D eigenvalue weighted by Gasteiger charge is -1.87. The number of hydrogen-bond donors (Lipinski definition) is 0. The smallest absolute Gasteiger partial charge is 0.206 e. The quantitative estimate of drug-likeness (QED) is 0.746. The Morgan fingerprint density at radius 3 is 2.27 bits per heavy atom. The monoisotopic (exact) mass is 294 g/mol. The molecule has 2 nitrogen and oxygen atoms in total. The predicted octanol–water partition coefficient (Wildman–Crippen LogP) is 3.09. The minimum Gasteiger partial charge on any atom is -0.206 e. The topological polar surface area (TPSA) is 34.1 Å². The van der Waals surface area contributed by atoms with Crippen molar-refractivity contribution in [1.29, 1.82) is 0 Å². The molecule has 0 saturated carbocycles. The Morgan fingerprint density at radius 1 is 1.55 bits per heavy atom. The highest BCUT2D eigenvalue weighted by Gasteiger charge is 2.17. The highest BCUT2D eigenvalue weighted by Crippen LogP contribution is 2.36. The fraction of sp³-hybridized carbons (Fsp3) is 0. The zero-order valence-electron chi connectivity index (χ0n) is 4.84. The fourth-order valence-corrected chi connectivity index (χ4v) is 4.65. The summed E-state index contributed by atoms with van der Waals surface area (Å²) in [7, 11) is 1.42. The first kappa shape index (κ1) is 9.80. The highest BCUT2D eigenvalue weighted by molar-refractivity contribution is 9.10. The molecule has 1 aromatic heterocycles. The summed E-state index contributed by atoms with van der Waals surface area (Å²) in [6.45, 7) is 0. The van der Waals surface area contributed by atoms with E-state index < -0.39 is 9.05 Å². The van der Waals surface area contributed by atoms with Crippen LogP contribution < -0.4 is 0 Å². The Bertz CT molecular complexity index is 369. The van der Waals surface area contributed by atoms with Crippen LogP contribution in [-0.2, 0) is 9.05 Å². The van der Waals surface area contributed by atoms with Gasteiger partial charge in [-0.2, -0.15) is 0 Å². The first-order valence-electron chi connectivity index (χ1n) is 2.31. The third-order valence-electron chi connectivity index (χ3n) is 0.847. The molecule has 0 aliphatic carbocycles. The predicted molar refractivity (Wildman–Crippen MR) is 50.1 cm³/mol. The van der Waals surface area contributed by atoms with Gasteiger partial charge in [-0.25, -0.2) is 8.42 Å². The molecule has 0 unspecified atom stereocenters. The van der Waals surface area contributed by atoms with Gasteiger partial charge in [0.1, 0.15) is 0 Å². The summed E-state index contributed by atoms with van der Waals surface area (Å²) >= 11 is 9.47. The minimum absolute atomic E-state index is 0.0455. The van der Waals surface area contributed by atoms with Crippen molar-refractivity contribution >= 4 is 58.6 Å². The van der Waals surface area contributed by atoms with Crippen molar-refractivity contribution < 1.29 is 8.42 Å². The summed E-state index contributed by atoms with van der Waals surface area (Å²) < 4.78 is 22.3. The van der Waals surface area contributed by atoms with Crippen molar-refractivity contribution in [3.8, 4) is 0 Å². The van der Waals surface area contributed by atoms with E-state index in [0.717, 1.165) is 11.3 Å². The van der Waals surface area contributed by atoms with Gasteiger partial charge in [0, 0.05) is 15.2 Å². The van der Waals surface area contributed by atoms with Crippen molar-refractivity contribution in [3.63, 3.8) is 0 Å². The molecule has 0 bridgehead atoms. The van der Waals surface area contributed by atoms with Gasteiger partial charge in [0.25, 0.3) is 9.05 Å². The molecular formula is C4HBrCl2O2S2. The highest BCUT2D eigenvalue weighted by atomic mass is 79.9. The van der Waals surface area contributed by atoms with E-state index in [1.54, 1.807) is 0 Å². The molecule has 0 radical (unpaired) electrons. The molecule has 0 atom stereocenters. The van der Waals surface area contributed by atoms with Gasteiger partial charge in [0.05, 0.1) is 4.34 Å². The van der Waals surface area contributed by atoms with Crippen LogP contribution in [0.25, 0.3) is 0 Å². The number of thiophene rings is 1. The van der Waals surface area contributed by atoms with Gasteiger partial charge < -0.3 is 0 Å². The van der Waals surface area contributed by atoms with Gasteiger partial charge >= 0.3 is 0 Å². The van der Waals surface area contributed by atoms with Crippen LogP contribution in [0.4, 0.5) is 0 Å². The molecule has 0 aliphatic heterocycles. The van der Waals surface area contributed by atoms with Crippen LogP contribution in [0.1, 0.15) is 0 Å². The van der Waals surface area contributed by atoms with Crippen molar-refractivity contribution in [2.75, 3.05) is 0 Å². The van der Waals surface area contributed by atoms with E-state index in [9.17, 15) is 8.42 Å². The SMILES string of the molecule is O=S(=O)(Cl)c1sc(Cl)cc1Br. The van der Waals surface area contributed by atoms with Gasteiger partial charge in [0.15, 0.2) is 4.21 Å². The lowest BCUT2D eigenvalue weighted by atomic mass is 10.7. The van der Waals surface area contributed by atoms with E-state index in [4.69, 9.17) is 22.3 Å².